The van der Waals surface area contributed by atoms with Crippen molar-refractivity contribution in [2.45, 2.75) is 26.1 Å². The molecule has 106 valence electrons. The summed E-state index contributed by atoms with van der Waals surface area (Å²) >= 11 is 8.14. The molecule has 7 heteroatoms. The zero-order valence-corrected chi connectivity index (χ0v) is 12.9. The molecule has 0 heterocycles. The number of hydrogen-bond donors (Lipinski definition) is 1. The van der Waals surface area contributed by atoms with Gasteiger partial charge in [0, 0.05) is 21.8 Å². The molecule has 0 aliphatic carbocycles. The molecule has 0 saturated carbocycles. The summed E-state index contributed by atoms with van der Waals surface area (Å²) in [5, 5.41) is 0. The molecule has 1 aromatic rings. The summed E-state index contributed by atoms with van der Waals surface area (Å²) in [4.78, 5) is 1.31. The summed E-state index contributed by atoms with van der Waals surface area (Å²) in [6.45, 7) is 2.34. The molecule has 1 rings (SSSR count). The zero-order chi connectivity index (χ0) is 14.8. The fraction of sp³-hybridized carbons (Fsp3) is 0.417. The van der Waals surface area contributed by atoms with Crippen LogP contribution in [0.2, 0.25) is 0 Å². The average molecular weight is 355 g/mol. The third-order valence-corrected chi connectivity index (χ3v) is 3.22. The van der Waals surface area contributed by atoms with Gasteiger partial charge in [-0.05, 0) is 32.0 Å². The van der Waals surface area contributed by atoms with Crippen molar-refractivity contribution in [3.8, 4) is 0 Å². The van der Waals surface area contributed by atoms with Crippen molar-refractivity contribution >= 4 is 38.8 Å². The van der Waals surface area contributed by atoms with E-state index in [1.807, 2.05) is 0 Å². The normalized spacial score (nSPS) is 11.7. The Morgan fingerprint density at radius 2 is 2.00 bits per heavy atom. The Morgan fingerprint density at radius 3 is 2.42 bits per heavy atom. The summed E-state index contributed by atoms with van der Waals surface area (Å²) in [5.74, 6) is 0. The van der Waals surface area contributed by atoms with E-state index >= 15 is 0 Å². The van der Waals surface area contributed by atoms with E-state index in [0.717, 1.165) is 0 Å². The van der Waals surface area contributed by atoms with Gasteiger partial charge in [-0.3, -0.25) is 0 Å². The molecular formula is C12H14BrF3N2S. The van der Waals surface area contributed by atoms with Crippen LogP contribution in [0, 0.1) is 0 Å². The minimum absolute atomic E-state index is 0.0790. The van der Waals surface area contributed by atoms with Crippen molar-refractivity contribution < 1.29 is 13.2 Å². The van der Waals surface area contributed by atoms with Gasteiger partial charge in [-0.15, -0.1) is 0 Å². The highest BCUT2D eigenvalue weighted by Gasteiger charge is 2.33. The first kappa shape index (κ1) is 16.2. The van der Waals surface area contributed by atoms with Gasteiger partial charge in [0.2, 0.25) is 0 Å². The Morgan fingerprint density at radius 1 is 1.42 bits per heavy atom. The lowest BCUT2D eigenvalue weighted by Crippen LogP contribution is -2.40. The lowest BCUT2D eigenvalue weighted by molar-refractivity contribution is -0.120. The maximum Gasteiger partial charge on any atom is 0.405 e. The van der Waals surface area contributed by atoms with Gasteiger partial charge < -0.3 is 10.6 Å². The molecule has 0 aliphatic rings. The van der Waals surface area contributed by atoms with E-state index in [-0.39, 0.29) is 11.0 Å². The molecular weight excluding hydrogens is 341 g/mol. The summed E-state index contributed by atoms with van der Waals surface area (Å²) in [7, 11) is 0. The summed E-state index contributed by atoms with van der Waals surface area (Å²) < 4.78 is 38.7. The molecule has 2 N–H and O–H groups in total. The number of nitrogens with two attached hydrogens (primary N) is 1. The number of alkyl halides is 3. The molecule has 0 bridgehead atoms. The molecule has 19 heavy (non-hydrogen) atoms. The van der Waals surface area contributed by atoms with Crippen LogP contribution in [0.3, 0.4) is 0 Å². The predicted octanol–water partition coefficient (Wildman–Crippen LogP) is 3.86. The van der Waals surface area contributed by atoms with Gasteiger partial charge in [-0.2, -0.15) is 13.2 Å². The Balaban J connectivity index is 3.29. The van der Waals surface area contributed by atoms with Crippen LogP contribution in [0.1, 0.15) is 19.4 Å². The zero-order valence-electron chi connectivity index (χ0n) is 10.5. The van der Waals surface area contributed by atoms with Gasteiger partial charge in [0.15, 0.2) is 0 Å². The van der Waals surface area contributed by atoms with Crippen molar-refractivity contribution in [1.29, 1.82) is 0 Å². The van der Waals surface area contributed by atoms with E-state index in [1.165, 1.54) is 4.90 Å². The van der Waals surface area contributed by atoms with Crippen molar-refractivity contribution in [3.63, 3.8) is 0 Å². The van der Waals surface area contributed by atoms with Gasteiger partial charge in [-0.1, -0.05) is 28.1 Å². The van der Waals surface area contributed by atoms with Gasteiger partial charge in [0.1, 0.15) is 11.5 Å². The van der Waals surface area contributed by atoms with Crippen molar-refractivity contribution in [3.05, 3.63) is 28.2 Å². The maximum absolute atomic E-state index is 12.7. The van der Waals surface area contributed by atoms with Crippen LogP contribution in [0.4, 0.5) is 18.9 Å². The number of benzene rings is 1. The molecule has 2 nitrogen and oxygen atoms in total. The van der Waals surface area contributed by atoms with E-state index in [2.05, 4.69) is 15.9 Å². The predicted molar refractivity (Wildman–Crippen MR) is 78.6 cm³/mol. The lowest BCUT2D eigenvalue weighted by Gasteiger charge is -2.31. The van der Waals surface area contributed by atoms with E-state index in [0.29, 0.717) is 15.7 Å². The number of anilines is 1. The van der Waals surface area contributed by atoms with E-state index < -0.39 is 12.7 Å². The fourth-order valence-electron chi connectivity index (χ4n) is 1.69. The standard InChI is InChI=1S/C12H14BrF3N2S/c1-7(2)18(6-12(14,15)16)10-5-8(13)3-4-9(10)11(17)19/h3-5,7H,6H2,1-2H3,(H2,17,19). The topological polar surface area (TPSA) is 29.3 Å². The third-order valence-electron chi connectivity index (χ3n) is 2.51. The highest BCUT2D eigenvalue weighted by molar-refractivity contribution is 9.10. The molecule has 0 fully saturated rings. The first-order chi connectivity index (χ1) is 8.61. The monoisotopic (exact) mass is 354 g/mol. The van der Waals surface area contributed by atoms with Crippen molar-refractivity contribution in [2.75, 3.05) is 11.4 Å². The first-order valence-electron chi connectivity index (χ1n) is 5.54. The van der Waals surface area contributed by atoms with Crippen LogP contribution in [0.25, 0.3) is 0 Å². The quantitative estimate of drug-likeness (QED) is 0.832. The second-order valence-electron chi connectivity index (χ2n) is 4.36. The molecule has 0 aliphatic heterocycles. The highest BCUT2D eigenvalue weighted by Crippen LogP contribution is 2.30. The Labute approximate surface area is 123 Å². The number of nitrogens with zero attached hydrogens (tertiary/aromatic N) is 1. The molecule has 0 saturated heterocycles. The number of hydrogen-bond acceptors (Lipinski definition) is 2. The highest BCUT2D eigenvalue weighted by atomic mass is 79.9. The van der Waals surface area contributed by atoms with E-state index in [4.69, 9.17) is 18.0 Å². The minimum Gasteiger partial charge on any atom is -0.389 e. The van der Waals surface area contributed by atoms with Gasteiger partial charge in [-0.25, -0.2) is 0 Å². The maximum atomic E-state index is 12.7. The molecule has 0 spiro atoms. The average Bonchev–Trinajstić information content (AvgIpc) is 2.23. The molecule has 0 aromatic heterocycles. The first-order valence-corrected chi connectivity index (χ1v) is 6.74. The molecule has 0 amide bonds. The second-order valence-corrected chi connectivity index (χ2v) is 5.72. The summed E-state index contributed by atoms with van der Waals surface area (Å²) in [6, 6.07) is 4.58. The lowest BCUT2D eigenvalue weighted by atomic mass is 10.1. The second kappa shape index (κ2) is 6.09. The minimum atomic E-state index is -4.29. The summed E-state index contributed by atoms with van der Waals surface area (Å²) in [6.07, 6.45) is -4.29. The van der Waals surface area contributed by atoms with Gasteiger partial charge in [0.05, 0.1) is 0 Å². The van der Waals surface area contributed by atoms with E-state index in [1.54, 1.807) is 32.0 Å². The summed E-state index contributed by atoms with van der Waals surface area (Å²) in [5.41, 5.74) is 6.40. The number of rotatable bonds is 4. The molecule has 1 aromatic carbocycles. The van der Waals surface area contributed by atoms with Crippen molar-refractivity contribution in [1.82, 2.24) is 0 Å². The largest absolute Gasteiger partial charge is 0.405 e. The molecule has 0 atom stereocenters. The molecule has 0 radical (unpaired) electrons. The Hall–Kier alpha value is -0.820. The Kier molecular flexibility index (Phi) is 5.20. The van der Waals surface area contributed by atoms with Crippen LogP contribution >= 0.6 is 28.1 Å². The SMILES string of the molecule is CC(C)N(CC(F)(F)F)c1cc(Br)ccc1C(N)=S. The van der Waals surface area contributed by atoms with Gasteiger partial charge in [0.25, 0.3) is 0 Å². The molecule has 0 unspecified atom stereocenters. The number of halogens is 4. The smallest absolute Gasteiger partial charge is 0.389 e. The van der Waals surface area contributed by atoms with Crippen LogP contribution in [-0.2, 0) is 0 Å². The van der Waals surface area contributed by atoms with Crippen molar-refractivity contribution in [2.24, 2.45) is 5.73 Å². The number of thiocarbonyl (C=S) groups is 1. The van der Waals surface area contributed by atoms with Crippen LogP contribution in [0.15, 0.2) is 22.7 Å². The van der Waals surface area contributed by atoms with Crippen LogP contribution in [-0.4, -0.2) is 23.8 Å². The van der Waals surface area contributed by atoms with Gasteiger partial charge >= 0.3 is 6.18 Å². The third kappa shape index (κ3) is 4.65. The van der Waals surface area contributed by atoms with E-state index in [9.17, 15) is 13.2 Å². The van der Waals surface area contributed by atoms with Crippen LogP contribution < -0.4 is 10.6 Å². The van der Waals surface area contributed by atoms with Crippen LogP contribution in [0.5, 0.6) is 0 Å². The Bertz CT molecular complexity index is 475. The fourth-order valence-corrected chi connectivity index (χ4v) is 2.21.